The van der Waals surface area contributed by atoms with E-state index >= 15 is 0 Å². The van der Waals surface area contributed by atoms with Gasteiger partial charge in [-0.05, 0) is 26.0 Å². The van der Waals surface area contributed by atoms with Crippen molar-refractivity contribution in [3.63, 3.8) is 0 Å². The molecular weight excluding hydrogens is 319 g/mol. The third-order valence-corrected chi connectivity index (χ3v) is 4.58. The number of aromatic amines is 1. The summed E-state index contributed by atoms with van der Waals surface area (Å²) in [6.45, 7) is 6.71. The number of imidazole rings is 1. The summed E-state index contributed by atoms with van der Waals surface area (Å²) in [7, 11) is 0. The standard InChI is InChI=1S/C18H21FN6/c1-12(2)25-11-20-23-17(25)10-24-7-6-15-16(9-24)22-18(21-15)13-4-3-5-14(19)8-13/h3-5,8,11-12H,6-7,9-10H2,1-2H3,(H,21,22). The van der Waals surface area contributed by atoms with Crippen molar-refractivity contribution < 1.29 is 4.39 Å². The van der Waals surface area contributed by atoms with Gasteiger partial charge in [-0.2, -0.15) is 0 Å². The third kappa shape index (κ3) is 3.19. The van der Waals surface area contributed by atoms with E-state index in [1.165, 1.54) is 12.1 Å². The van der Waals surface area contributed by atoms with E-state index < -0.39 is 0 Å². The van der Waals surface area contributed by atoms with E-state index in [-0.39, 0.29) is 5.82 Å². The van der Waals surface area contributed by atoms with Gasteiger partial charge >= 0.3 is 0 Å². The minimum Gasteiger partial charge on any atom is -0.341 e. The van der Waals surface area contributed by atoms with Gasteiger partial charge in [0.2, 0.25) is 0 Å². The number of H-pyrrole nitrogens is 1. The maximum Gasteiger partial charge on any atom is 0.147 e. The molecule has 1 aliphatic heterocycles. The minimum atomic E-state index is -0.249. The van der Waals surface area contributed by atoms with Crippen molar-refractivity contribution in [3.8, 4) is 11.4 Å². The molecule has 130 valence electrons. The van der Waals surface area contributed by atoms with Crippen LogP contribution in [0.3, 0.4) is 0 Å². The Morgan fingerprint density at radius 2 is 2.20 bits per heavy atom. The van der Waals surface area contributed by atoms with E-state index in [0.29, 0.717) is 6.04 Å². The SMILES string of the molecule is CC(C)n1cnnc1CN1CCc2nc(-c3cccc(F)c3)[nH]c2C1. The van der Waals surface area contributed by atoms with Gasteiger partial charge in [-0.3, -0.25) is 4.90 Å². The number of fused-ring (bicyclic) bond motifs is 1. The Labute approximate surface area is 145 Å². The van der Waals surface area contributed by atoms with Gasteiger partial charge in [0.15, 0.2) is 0 Å². The van der Waals surface area contributed by atoms with Crippen LogP contribution in [0.2, 0.25) is 0 Å². The number of halogens is 1. The average Bonchev–Trinajstić information content (AvgIpc) is 3.21. The molecule has 6 nitrogen and oxygen atoms in total. The number of hydrogen-bond donors (Lipinski definition) is 1. The van der Waals surface area contributed by atoms with Crippen molar-refractivity contribution in [1.82, 2.24) is 29.6 Å². The predicted octanol–water partition coefficient (Wildman–Crippen LogP) is 2.95. The first-order chi connectivity index (χ1) is 12.1. The van der Waals surface area contributed by atoms with E-state index in [0.717, 1.165) is 54.7 Å². The molecule has 0 bridgehead atoms. The van der Waals surface area contributed by atoms with Crippen LogP contribution in [0.15, 0.2) is 30.6 Å². The summed E-state index contributed by atoms with van der Waals surface area (Å²) in [5.41, 5.74) is 2.95. The molecule has 2 aromatic heterocycles. The smallest absolute Gasteiger partial charge is 0.147 e. The lowest BCUT2D eigenvalue weighted by Gasteiger charge is -2.25. The fourth-order valence-corrected chi connectivity index (χ4v) is 3.27. The molecule has 0 saturated heterocycles. The predicted molar refractivity (Wildman–Crippen MR) is 92.2 cm³/mol. The first-order valence-corrected chi connectivity index (χ1v) is 8.54. The Bertz CT molecular complexity index is 881. The zero-order chi connectivity index (χ0) is 17.4. The number of hydrogen-bond acceptors (Lipinski definition) is 4. The molecule has 3 aromatic rings. The molecule has 0 unspecified atom stereocenters. The zero-order valence-electron chi connectivity index (χ0n) is 14.4. The highest BCUT2D eigenvalue weighted by Gasteiger charge is 2.22. The molecule has 3 heterocycles. The second kappa shape index (κ2) is 6.40. The number of aromatic nitrogens is 5. The summed E-state index contributed by atoms with van der Waals surface area (Å²) < 4.78 is 15.5. The number of nitrogens with zero attached hydrogens (tertiary/aromatic N) is 5. The molecule has 0 amide bonds. The van der Waals surface area contributed by atoms with Gasteiger partial charge in [0.25, 0.3) is 0 Å². The van der Waals surface area contributed by atoms with E-state index in [1.54, 1.807) is 12.4 Å². The number of benzene rings is 1. The van der Waals surface area contributed by atoms with Crippen LogP contribution in [0.5, 0.6) is 0 Å². The van der Waals surface area contributed by atoms with Crippen LogP contribution in [0.25, 0.3) is 11.4 Å². The van der Waals surface area contributed by atoms with Gasteiger partial charge in [-0.1, -0.05) is 12.1 Å². The Morgan fingerprint density at radius 3 is 3.00 bits per heavy atom. The molecule has 0 radical (unpaired) electrons. The fraction of sp³-hybridized carbons (Fsp3) is 0.389. The summed E-state index contributed by atoms with van der Waals surface area (Å²) >= 11 is 0. The van der Waals surface area contributed by atoms with Crippen LogP contribution in [0, 0.1) is 5.82 Å². The van der Waals surface area contributed by atoms with Crippen molar-refractivity contribution in [1.29, 1.82) is 0 Å². The van der Waals surface area contributed by atoms with E-state index in [4.69, 9.17) is 0 Å². The van der Waals surface area contributed by atoms with Crippen LogP contribution < -0.4 is 0 Å². The molecule has 1 aromatic carbocycles. The lowest BCUT2D eigenvalue weighted by Crippen LogP contribution is -2.31. The summed E-state index contributed by atoms with van der Waals surface area (Å²) in [4.78, 5) is 10.4. The second-order valence-corrected chi connectivity index (χ2v) is 6.73. The number of rotatable bonds is 4. The molecular formula is C18H21FN6. The summed E-state index contributed by atoms with van der Waals surface area (Å²) in [6, 6.07) is 6.87. The van der Waals surface area contributed by atoms with Gasteiger partial charge in [0, 0.05) is 31.1 Å². The van der Waals surface area contributed by atoms with Crippen molar-refractivity contribution in [2.24, 2.45) is 0 Å². The van der Waals surface area contributed by atoms with Crippen LogP contribution >= 0.6 is 0 Å². The van der Waals surface area contributed by atoms with E-state index in [2.05, 4.69) is 43.5 Å². The summed E-state index contributed by atoms with van der Waals surface area (Å²) in [5.74, 6) is 1.46. The molecule has 1 aliphatic rings. The van der Waals surface area contributed by atoms with Crippen LogP contribution in [0.4, 0.5) is 4.39 Å². The molecule has 7 heteroatoms. The molecule has 25 heavy (non-hydrogen) atoms. The molecule has 0 aliphatic carbocycles. The van der Waals surface area contributed by atoms with Crippen LogP contribution in [-0.2, 0) is 19.5 Å². The van der Waals surface area contributed by atoms with Crippen molar-refractivity contribution in [3.05, 3.63) is 53.6 Å². The van der Waals surface area contributed by atoms with Gasteiger partial charge in [-0.25, -0.2) is 9.37 Å². The Morgan fingerprint density at radius 1 is 1.32 bits per heavy atom. The first kappa shape index (κ1) is 16.0. The highest BCUT2D eigenvalue weighted by atomic mass is 19.1. The van der Waals surface area contributed by atoms with Crippen LogP contribution in [-0.4, -0.2) is 36.2 Å². The largest absolute Gasteiger partial charge is 0.341 e. The van der Waals surface area contributed by atoms with E-state index in [9.17, 15) is 4.39 Å². The van der Waals surface area contributed by atoms with Crippen LogP contribution in [0.1, 0.15) is 37.1 Å². The molecule has 1 N–H and O–H groups in total. The Balaban J connectivity index is 1.53. The molecule has 4 rings (SSSR count). The van der Waals surface area contributed by atoms with Crippen molar-refractivity contribution in [2.75, 3.05) is 6.54 Å². The van der Waals surface area contributed by atoms with Crippen molar-refractivity contribution in [2.45, 2.75) is 39.4 Å². The minimum absolute atomic E-state index is 0.249. The van der Waals surface area contributed by atoms with Gasteiger partial charge in [0.1, 0.15) is 23.8 Å². The van der Waals surface area contributed by atoms with Gasteiger partial charge < -0.3 is 9.55 Å². The highest BCUT2D eigenvalue weighted by molar-refractivity contribution is 5.56. The Hall–Kier alpha value is -2.54. The lowest BCUT2D eigenvalue weighted by molar-refractivity contribution is 0.230. The maximum atomic E-state index is 13.4. The Kier molecular flexibility index (Phi) is 4.09. The van der Waals surface area contributed by atoms with E-state index in [1.807, 2.05) is 6.07 Å². The van der Waals surface area contributed by atoms with Gasteiger partial charge in [-0.15, -0.1) is 10.2 Å². The summed E-state index contributed by atoms with van der Waals surface area (Å²) in [5, 5.41) is 8.29. The molecule has 0 saturated carbocycles. The normalized spacial score (nSPS) is 14.9. The average molecular weight is 340 g/mol. The molecule has 0 spiro atoms. The maximum absolute atomic E-state index is 13.4. The highest BCUT2D eigenvalue weighted by Crippen LogP contribution is 2.24. The zero-order valence-corrected chi connectivity index (χ0v) is 14.4. The monoisotopic (exact) mass is 340 g/mol. The second-order valence-electron chi connectivity index (χ2n) is 6.73. The molecule has 0 atom stereocenters. The van der Waals surface area contributed by atoms with Crippen molar-refractivity contribution >= 4 is 0 Å². The quantitative estimate of drug-likeness (QED) is 0.793. The lowest BCUT2D eigenvalue weighted by atomic mass is 10.1. The topological polar surface area (TPSA) is 62.6 Å². The third-order valence-electron chi connectivity index (χ3n) is 4.58. The number of nitrogens with one attached hydrogen (secondary N) is 1. The van der Waals surface area contributed by atoms with Gasteiger partial charge in [0.05, 0.1) is 17.9 Å². The first-order valence-electron chi connectivity index (χ1n) is 8.54. The summed E-state index contributed by atoms with van der Waals surface area (Å²) in [6.07, 6.45) is 2.66. The fourth-order valence-electron chi connectivity index (χ4n) is 3.27. The molecule has 0 fully saturated rings.